The Hall–Kier alpha value is -3.41. The van der Waals surface area contributed by atoms with Crippen molar-refractivity contribution in [2.75, 3.05) is 13.1 Å². The van der Waals surface area contributed by atoms with Crippen molar-refractivity contribution in [1.82, 2.24) is 19.5 Å². The van der Waals surface area contributed by atoms with Gasteiger partial charge in [-0.15, -0.1) is 11.3 Å². The molecular formula is C28H28N4O5S2. The van der Waals surface area contributed by atoms with Gasteiger partial charge in [0.15, 0.2) is 5.78 Å². The summed E-state index contributed by atoms with van der Waals surface area (Å²) in [5.74, 6) is -0.632. The predicted molar refractivity (Wildman–Crippen MR) is 145 cm³/mol. The van der Waals surface area contributed by atoms with E-state index in [4.69, 9.17) is 0 Å². The van der Waals surface area contributed by atoms with Crippen LogP contribution < -0.4 is 5.32 Å². The van der Waals surface area contributed by atoms with E-state index in [1.807, 2.05) is 29.6 Å². The van der Waals surface area contributed by atoms with Gasteiger partial charge in [-0.1, -0.05) is 31.0 Å². The van der Waals surface area contributed by atoms with Gasteiger partial charge in [0.2, 0.25) is 15.9 Å². The molecule has 4 heterocycles. The first kappa shape index (κ1) is 25.8. The van der Waals surface area contributed by atoms with Crippen molar-refractivity contribution in [2.45, 2.75) is 48.7 Å². The van der Waals surface area contributed by atoms with Gasteiger partial charge in [0.1, 0.15) is 17.0 Å². The van der Waals surface area contributed by atoms with Crippen LogP contribution in [0.4, 0.5) is 0 Å². The summed E-state index contributed by atoms with van der Waals surface area (Å²) in [7, 11) is -3.94. The average molecular weight is 565 g/mol. The molecule has 0 radical (unpaired) electrons. The van der Waals surface area contributed by atoms with Crippen molar-refractivity contribution < 1.29 is 22.8 Å². The van der Waals surface area contributed by atoms with Gasteiger partial charge in [-0.05, 0) is 60.0 Å². The van der Waals surface area contributed by atoms with Crippen LogP contribution in [0.5, 0.6) is 0 Å². The number of benzene rings is 1. The number of fused-ring (bicyclic) bond motifs is 1. The maximum Gasteiger partial charge on any atom is 0.251 e. The third kappa shape index (κ3) is 5.02. The number of pyridine rings is 1. The Labute approximate surface area is 230 Å². The Bertz CT molecular complexity index is 1490. The highest BCUT2D eigenvalue weighted by atomic mass is 32.2. The highest BCUT2D eigenvalue weighted by Gasteiger charge is 2.54. The molecule has 9 nitrogen and oxygen atoms in total. The molecule has 39 heavy (non-hydrogen) atoms. The molecule has 2 aromatic heterocycles. The molecule has 0 bridgehead atoms. The van der Waals surface area contributed by atoms with Crippen LogP contribution in [0.3, 0.4) is 0 Å². The van der Waals surface area contributed by atoms with E-state index in [0.717, 1.165) is 23.3 Å². The predicted octanol–water partition coefficient (Wildman–Crippen LogP) is 2.95. The number of ketones is 1. The van der Waals surface area contributed by atoms with Gasteiger partial charge < -0.3 is 10.2 Å². The second-order valence-corrected chi connectivity index (χ2v) is 13.1. The molecule has 2 saturated heterocycles. The zero-order chi connectivity index (χ0) is 27.1. The van der Waals surface area contributed by atoms with Crippen molar-refractivity contribution in [3.8, 4) is 10.4 Å². The van der Waals surface area contributed by atoms with Crippen molar-refractivity contribution in [2.24, 2.45) is 5.92 Å². The standard InChI is InChI=1S/C28H28N4O5S2/c33-24-17-32(39(36,37)21-3-1-12-29-16-21)23-11-13-31(26(23)24)28(35)22(15-18-5-6-18)30-27(34)20-9-7-19(8-10-20)25-4-2-14-38-25/h1-4,7-10,12,14,16,18,22-23,26H,5-6,11,13,15,17H2,(H,30,34). The molecule has 1 saturated carbocycles. The van der Waals surface area contributed by atoms with Crippen LogP contribution >= 0.6 is 11.3 Å². The minimum absolute atomic E-state index is 0.0206. The molecule has 3 atom stereocenters. The molecule has 3 aliphatic rings. The summed E-state index contributed by atoms with van der Waals surface area (Å²) in [4.78, 5) is 46.5. The first-order chi connectivity index (χ1) is 18.8. The van der Waals surface area contributed by atoms with Gasteiger partial charge in [-0.2, -0.15) is 4.31 Å². The van der Waals surface area contributed by atoms with Crippen molar-refractivity contribution >= 4 is 39.0 Å². The fraction of sp³-hybridized carbons (Fsp3) is 0.357. The van der Waals surface area contributed by atoms with Gasteiger partial charge in [0.25, 0.3) is 5.91 Å². The smallest absolute Gasteiger partial charge is 0.251 e. The molecule has 2 amide bonds. The monoisotopic (exact) mass is 564 g/mol. The normalized spacial score (nSPS) is 22.1. The molecule has 11 heteroatoms. The van der Waals surface area contributed by atoms with Gasteiger partial charge in [0.05, 0.1) is 12.6 Å². The number of carbonyl (C=O) groups excluding carboxylic acids is 3. The number of nitrogens with one attached hydrogen (secondary N) is 1. The summed E-state index contributed by atoms with van der Waals surface area (Å²) in [6, 6.07) is 12.0. The first-order valence-corrected chi connectivity index (χ1v) is 15.3. The van der Waals surface area contributed by atoms with Gasteiger partial charge in [-0.25, -0.2) is 8.42 Å². The van der Waals surface area contributed by atoms with Gasteiger partial charge >= 0.3 is 0 Å². The van der Waals surface area contributed by atoms with Crippen LogP contribution in [0.2, 0.25) is 0 Å². The molecule has 6 rings (SSSR count). The van der Waals surface area contributed by atoms with Gasteiger partial charge in [0, 0.05) is 29.4 Å². The number of nitrogens with zero attached hydrogens (tertiary/aromatic N) is 3. The van der Waals surface area contributed by atoms with Crippen molar-refractivity contribution in [3.05, 3.63) is 71.9 Å². The number of amides is 2. The van der Waals surface area contributed by atoms with Crippen LogP contribution in [-0.2, 0) is 19.6 Å². The summed E-state index contributed by atoms with van der Waals surface area (Å²) < 4.78 is 27.7. The molecule has 1 aliphatic carbocycles. The van der Waals surface area contributed by atoms with E-state index in [2.05, 4.69) is 10.3 Å². The van der Waals surface area contributed by atoms with Crippen LogP contribution in [0.1, 0.15) is 36.0 Å². The number of hydrogen-bond donors (Lipinski definition) is 1. The Morgan fingerprint density at radius 3 is 2.54 bits per heavy atom. The van der Waals surface area contributed by atoms with E-state index in [0.29, 0.717) is 24.3 Å². The first-order valence-electron chi connectivity index (χ1n) is 13.0. The Morgan fingerprint density at radius 2 is 1.87 bits per heavy atom. The Balaban J connectivity index is 1.19. The van der Waals surface area contributed by atoms with Crippen molar-refractivity contribution in [1.29, 1.82) is 0 Å². The number of sulfonamides is 1. The highest BCUT2D eigenvalue weighted by molar-refractivity contribution is 7.89. The zero-order valence-electron chi connectivity index (χ0n) is 21.1. The molecule has 1 aromatic carbocycles. The SMILES string of the molecule is O=C(NC(CC1CC1)C(=O)N1CCC2C1C(=O)CN2S(=O)(=O)c1cccnc1)c1ccc(-c2cccs2)cc1. The lowest BCUT2D eigenvalue weighted by Crippen LogP contribution is -2.52. The minimum Gasteiger partial charge on any atom is -0.340 e. The molecule has 0 spiro atoms. The van der Waals surface area contributed by atoms with E-state index in [-0.39, 0.29) is 35.6 Å². The Morgan fingerprint density at radius 1 is 1.08 bits per heavy atom. The Kier molecular flexibility index (Phi) is 6.82. The van der Waals surface area contributed by atoms with Gasteiger partial charge in [-0.3, -0.25) is 19.4 Å². The minimum atomic E-state index is -3.94. The number of aromatic nitrogens is 1. The zero-order valence-corrected chi connectivity index (χ0v) is 22.7. The molecule has 1 N–H and O–H groups in total. The van der Waals surface area contributed by atoms with E-state index in [9.17, 15) is 22.8 Å². The molecule has 2 aliphatic heterocycles. The van der Waals surface area contributed by atoms with Crippen molar-refractivity contribution in [3.63, 3.8) is 0 Å². The third-order valence-electron chi connectivity index (χ3n) is 7.72. The number of hydrogen-bond acceptors (Lipinski definition) is 7. The summed E-state index contributed by atoms with van der Waals surface area (Å²) >= 11 is 1.62. The molecule has 3 unspecified atom stereocenters. The van der Waals surface area contributed by atoms with Crippen LogP contribution in [0, 0.1) is 5.92 Å². The van der Waals surface area contributed by atoms with E-state index < -0.39 is 28.1 Å². The van der Waals surface area contributed by atoms with Crippen LogP contribution in [-0.4, -0.2) is 71.4 Å². The molecular weight excluding hydrogens is 536 g/mol. The van der Waals surface area contributed by atoms with E-state index >= 15 is 0 Å². The summed E-state index contributed by atoms with van der Waals surface area (Å²) in [5, 5.41) is 4.91. The lowest BCUT2D eigenvalue weighted by atomic mass is 10.1. The fourth-order valence-electron chi connectivity index (χ4n) is 5.55. The highest BCUT2D eigenvalue weighted by Crippen LogP contribution is 2.37. The molecule has 3 fully saturated rings. The largest absolute Gasteiger partial charge is 0.340 e. The lowest BCUT2D eigenvalue weighted by Gasteiger charge is -2.28. The summed E-state index contributed by atoms with van der Waals surface area (Å²) in [6.45, 7) is -0.0297. The molecule has 202 valence electrons. The van der Waals surface area contributed by atoms with Crippen LogP contribution in [0.25, 0.3) is 10.4 Å². The summed E-state index contributed by atoms with van der Waals surface area (Å²) in [5.41, 5.74) is 1.47. The molecule has 3 aromatic rings. The fourth-order valence-corrected chi connectivity index (χ4v) is 7.88. The number of likely N-dealkylation sites (tertiary alicyclic amines) is 1. The average Bonchev–Trinajstić information content (AvgIpc) is 3.32. The second-order valence-electron chi connectivity index (χ2n) is 10.3. The number of carbonyl (C=O) groups is 3. The number of Topliss-reactive ketones (excluding diaryl/α,β-unsaturated/α-hetero) is 1. The van der Waals surface area contributed by atoms with Crippen LogP contribution in [0.15, 0.2) is 71.2 Å². The maximum absolute atomic E-state index is 13.8. The quantitative estimate of drug-likeness (QED) is 0.450. The number of thiophene rings is 1. The summed E-state index contributed by atoms with van der Waals surface area (Å²) in [6.07, 6.45) is 5.60. The lowest BCUT2D eigenvalue weighted by molar-refractivity contribution is -0.138. The number of rotatable bonds is 8. The van der Waals surface area contributed by atoms with E-state index in [1.165, 1.54) is 33.7 Å². The second kappa shape index (κ2) is 10.3. The topological polar surface area (TPSA) is 117 Å². The third-order valence-corrected chi connectivity index (χ3v) is 10.5. The maximum atomic E-state index is 13.8. The van der Waals surface area contributed by atoms with E-state index in [1.54, 1.807) is 23.5 Å².